The zero-order chi connectivity index (χ0) is 24.0. The molecule has 0 saturated carbocycles. The number of hydrogen-bond acceptors (Lipinski definition) is 4. The molecule has 1 N–H and O–H groups in total. The number of aliphatic hydroxyl groups excluding tert-OH is 1. The van der Waals surface area contributed by atoms with Crippen molar-refractivity contribution in [3.63, 3.8) is 0 Å². The molecule has 0 aliphatic heterocycles. The van der Waals surface area contributed by atoms with Gasteiger partial charge in [-0.2, -0.15) is 0 Å². The molecule has 1 atom stereocenters. The third-order valence-corrected chi connectivity index (χ3v) is 11.2. The fourth-order valence-corrected chi connectivity index (χ4v) is 4.71. The monoisotopic (exact) mass is 477 g/mol. The number of halogens is 1. The highest BCUT2D eigenvalue weighted by atomic mass is 35.5. The van der Waals surface area contributed by atoms with Crippen LogP contribution in [0.15, 0.2) is 40.1 Å². The first kappa shape index (κ1) is 24.5. The van der Waals surface area contributed by atoms with Gasteiger partial charge in [-0.15, -0.1) is 0 Å². The maximum Gasteiger partial charge on any atom is 0.330 e. The number of benzene rings is 1. The topological polar surface area (TPSA) is 78.4 Å². The number of aliphatic hydroxyl groups is 1. The first-order chi connectivity index (χ1) is 14.7. The number of aryl methyl sites for hydroxylation is 1. The minimum Gasteiger partial charge on any atom is -0.414 e. The van der Waals surface area contributed by atoms with Crippen LogP contribution in [0.25, 0.3) is 22.2 Å². The Hall–Kier alpha value is -2.13. The third kappa shape index (κ3) is 4.50. The second-order valence-electron chi connectivity index (χ2n) is 9.83. The fourth-order valence-electron chi connectivity index (χ4n) is 3.48. The van der Waals surface area contributed by atoms with Crippen LogP contribution in [-0.2, 0) is 25.1 Å². The molecule has 1 aromatic carbocycles. The van der Waals surface area contributed by atoms with E-state index in [0.29, 0.717) is 21.6 Å². The van der Waals surface area contributed by atoms with Crippen molar-refractivity contribution in [2.24, 2.45) is 14.1 Å². The lowest BCUT2D eigenvalue weighted by Gasteiger charge is -2.36. The minimum absolute atomic E-state index is 0.0330. The summed E-state index contributed by atoms with van der Waals surface area (Å²) in [5.74, 6) is 0. The van der Waals surface area contributed by atoms with E-state index < -0.39 is 20.1 Å². The summed E-state index contributed by atoms with van der Waals surface area (Å²) >= 11 is 6.23. The van der Waals surface area contributed by atoms with E-state index in [9.17, 15) is 14.7 Å². The van der Waals surface area contributed by atoms with Gasteiger partial charge in [-0.25, -0.2) is 4.79 Å². The van der Waals surface area contributed by atoms with Gasteiger partial charge in [-0.05, 0) is 30.3 Å². The van der Waals surface area contributed by atoms with Crippen LogP contribution in [0.3, 0.4) is 0 Å². The van der Waals surface area contributed by atoms with Gasteiger partial charge in [0.05, 0.1) is 35.9 Å². The Morgan fingerprint density at radius 3 is 2.41 bits per heavy atom. The Labute approximate surface area is 194 Å². The molecule has 0 aliphatic carbocycles. The van der Waals surface area contributed by atoms with Crippen molar-refractivity contribution in [1.29, 1.82) is 0 Å². The molecule has 9 heteroatoms. The van der Waals surface area contributed by atoms with Crippen LogP contribution in [0.4, 0.5) is 0 Å². The van der Waals surface area contributed by atoms with E-state index in [-0.39, 0.29) is 23.7 Å². The first-order valence-corrected chi connectivity index (χ1v) is 13.9. The van der Waals surface area contributed by atoms with Crippen LogP contribution in [0.2, 0.25) is 23.2 Å². The lowest BCUT2D eigenvalue weighted by molar-refractivity contribution is 0.0863. The highest BCUT2D eigenvalue weighted by molar-refractivity contribution is 6.74. The second-order valence-corrected chi connectivity index (χ2v) is 15.1. The average molecular weight is 478 g/mol. The van der Waals surface area contributed by atoms with Gasteiger partial charge in [0.15, 0.2) is 8.32 Å². The summed E-state index contributed by atoms with van der Waals surface area (Å²) in [4.78, 5) is 25.5. The van der Waals surface area contributed by atoms with Crippen molar-refractivity contribution in [2.75, 3.05) is 6.61 Å². The average Bonchev–Trinajstić information content (AvgIpc) is 3.07. The van der Waals surface area contributed by atoms with Crippen LogP contribution in [0, 0.1) is 0 Å². The first-order valence-electron chi connectivity index (χ1n) is 10.6. The molecular formula is C23H32ClN3O4Si. The smallest absolute Gasteiger partial charge is 0.330 e. The van der Waals surface area contributed by atoms with Crippen molar-refractivity contribution in [3.05, 3.63) is 56.3 Å². The van der Waals surface area contributed by atoms with Gasteiger partial charge in [0.25, 0.3) is 5.56 Å². The summed E-state index contributed by atoms with van der Waals surface area (Å²) in [5.41, 5.74) is 1.07. The molecule has 7 nitrogen and oxygen atoms in total. The number of aromatic nitrogens is 3. The maximum atomic E-state index is 13.1. The van der Waals surface area contributed by atoms with Crippen LogP contribution in [0.1, 0.15) is 20.8 Å². The lowest BCUT2D eigenvalue weighted by Crippen LogP contribution is -2.43. The van der Waals surface area contributed by atoms with E-state index in [1.54, 1.807) is 25.4 Å². The molecule has 0 fully saturated rings. The predicted molar refractivity (Wildman–Crippen MR) is 132 cm³/mol. The van der Waals surface area contributed by atoms with Crippen molar-refractivity contribution in [3.8, 4) is 11.3 Å². The molecule has 0 bridgehead atoms. The molecule has 0 radical (unpaired) electrons. The molecule has 1 unspecified atom stereocenters. The number of fused-ring (bicyclic) bond motifs is 1. The summed E-state index contributed by atoms with van der Waals surface area (Å²) < 4.78 is 10.5. The van der Waals surface area contributed by atoms with Gasteiger partial charge in [-0.1, -0.05) is 44.5 Å². The van der Waals surface area contributed by atoms with Gasteiger partial charge in [0.1, 0.15) is 0 Å². The van der Waals surface area contributed by atoms with Crippen LogP contribution < -0.4 is 11.2 Å². The Kier molecular flexibility index (Phi) is 6.64. The zero-order valence-corrected chi connectivity index (χ0v) is 21.5. The standard InChI is InChI=1S/C23H32ClN3O4Si/c1-23(2,3)32(6,7)31-14-17(28)12-27-13-18-19(21(29)26(5)22(30)25(18)4)20(27)15-9-8-10-16(24)11-15/h8-11,13,17,28H,12,14H2,1-7H3. The number of rotatable bonds is 6. The Bertz CT molecular complexity index is 1270. The molecule has 2 aromatic heterocycles. The molecular weight excluding hydrogens is 446 g/mol. The molecule has 2 heterocycles. The second kappa shape index (κ2) is 8.66. The number of hydrogen-bond donors (Lipinski definition) is 1. The van der Waals surface area contributed by atoms with Crippen molar-refractivity contribution >= 4 is 30.8 Å². The lowest BCUT2D eigenvalue weighted by atomic mass is 10.1. The van der Waals surface area contributed by atoms with Gasteiger partial charge in [-0.3, -0.25) is 13.9 Å². The quantitative estimate of drug-likeness (QED) is 0.548. The van der Waals surface area contributed by atoms with Crippen molar-refractivity contribution < 1.29 is 9.53 Å². The summed E-state index contributed by atoms with van der Waals surface area (Å²) in [5, 5.41) is 11.8. The summed E-state index contributed by atoms with van der Waals surface area (Å²) in [7, 11) is 1.08. The van der Waals surface area contributed by atoms with Gasteiger partial charge in [0, 0.05) is 30.9 Å². The van der Waals surface area contributed by atoms with Crippen LogP contribution in [-0.4, -0.2) is 39.8 Å². The van der Waals surface area contributed by atoms with E-state index in [2.05, 4.69) is 33.9 Å². The van der Waals surface area contributed by atoms with Crippen LogP contribution >= 0.6 is 11.6 Å². The molecule has 0 saturated heterocycles. The van der Waals surface area contributed by atoms with Gasteiger partial charge >= 0.3 is 5.69 Å². The molecule has 174 valence electrons. The fraction of sp³-hybridized carbons (Fsp3) is 0.478. The molecule has 32 heavy (non-hydrogen) atoms. The Morgan fingerprint density at radius 2 is 1.81 bits per heavy atom. The number of nitrogens with zero attached hydrogens (tertiary/aromatic N) is 3. The highest BCUT2D eigenvalue weighted by Crippen LogP contribution is 2.36. The van der Waals surface area contributed by atoms with Crippen molar-refractivity contribution in [1.82, 2.24) is 13.7 Å². The summed E-state index contributed by atoms with van der Waals surface area (Å²) in [6.45, 7) is 11.1. The van der Waals surface area contributed by atoms with E-state index in [4.69, 9.17) is 16.0 Å². The molecule has 3 aromatic rings. The Morgan fingerprint density at radius 1 is 1.16 bits per heavy atom. The Balaban J connectivity index is 2.10. The van der Waals surface area contributed by atoms with Gasteiger partial charge in [0.2, 0.25) is 0 Å². The van der Waals surface area contributed by atoms with E-state index in [1.807, 2.05) is 16.7 Å². The highest BCUT2D eigenvalue weighted by Gasteiger charge is 2.37. The minimum atomic E-state index is -2.02. The van der Waals surface area contributed by atoms with Crippen molar-refractivity contribution in [2.45, 2.75) is 51.6 Å². The molecule has 3 rings (SSSR count). The summed E-state index contributed by atoms with van der Waals surface area (Å²) in [6.07, 6.45) is 0.953. The SMILES string of the molecule is Cn1c(=O)c2c(-c3cccc(Cl)c3)n(CC(O)CO[Si](C)(C)C(C)(C)C)cc2n(C)c1=O. The summed E-state index contributed by atoms with van der Waals surface area (Å²) in [6, 6.07) is 7.21. The molecule has 0 spiro atoms. The predicted octanol–water partition coefficient (Wildman–Crippen LogP) is 3.74. The molecule has 0 amide bonds. The van der Waals surface area contributed by atoms with E-state index in [1.165, 1.54) is 11.6 Å². The molecule has 0 aliphatic rings. The van der Waals surface area contributed by atoms with Crippen LogP contribution in [0.5, 0.6) is 0 Å². The third-order valence-electron chi connectivity index (χ3n) is 6.46. The maximum absolute atomic E-state index is 13.1. The zero-order valence-electron chi connectivity index (χ0n) is 19.8. The van der Waals surface area contributed by atoms with E-state index >= 15 is 0 Å². The van der Waals surface area contributed by atoms with Gasteiger partial charge < -0.3 is 14.1 Å². The normalized spacial score (nSPS) is 13.7. The largest absolute Gasteiger partial charge is 0.414 e. The van der Waals surface area contributed by atoms with E-state index in [0.717, 1.165) is 10.1 Å².